The average Bonchev–Trinajstić information content (AvgIpc) is 2.88. The fourth-order valence-corrected chi connectivity index (χ4v) is 2.60. The number of benzene rings is 1. The highest BCUT2D eigenvalue weighted by molar-refractivity contribution is 9.10. The number of nitro groups is 1. The number of aromatic nitrogens is 3. The summed E-state index contributed by atoms with van der Waals surface area (Å²) in [7, 11) is 0. The highest BCUT2D eigenvalue weighted by Crippen LogP contribution is 2.38. The van der Waals surface area contributed by atoms with Gasteiger partial charge in [0.15, 0.2) is 0 Å². The summed E-state index contributed by atoms with van der Waals surface area (Å²) in [6, 6.07) is 4.58. The molecule has 0 unspecified atom stereocenters. The number of nitrogens with zero attached hydrogens (tertiary/aromatic N) is 4. The summed E-state index contributed by atoms with van der Waals surface area (Å²) in [5, 5.41) is 11.1. The number of imidazole rings is 1. The molecular formula is C12H6Br2N4O3. The number of ether oxygens (including phenoxy) is 1. The molecule has 0 atom stereocenters. The number of hydrogen-bond donors (Lipinski definition) is 0. The summed E-state index contributed by atoms with van der Waals surface area (Å²) in [5.41, 5.74) is 0.305. The van der Waals surface area contributed by atoms with E-state index >= 15 is 0 Å². The molecule has 3 rings (SSSR count). The van der Waals surface area contributed by atoms with E-state index < -0.39 is 4.92 Å². The van der Waals surface area contributed by atoms with Crippen LogP contribution in [-0.4, -0.2) is 19.3 Å². The highest BCUT2D eigenvalue weighted by atomic mass is 79.9. The summed E-state index contributed by atoms with van der Waals surface area (Å²) in [6.45, 7) is 0. The van der Waals surface area contributed by atoms with Gasteiger partial charge in [0.25, 0.3) is 5.88 Å². The molecule has 0 saturated heterocycles. The van der Waals surface area contributed by atoms with E-state index in [0.29, 0.717) is 14.7 Å². The van der Waals surface area contributed by atoms with E-state index in [1.807, 2.05) is 0 Å². The molecule has 1 aromatic carbocycles. The number of hydrogen-bond acceptors (Lipinski definition) is 5. The van der Waals surface area contributed by atoms with Gasteiger partial charge in [-0.05, 0) is 37.9 Å². The first-order chi connectivity index (χ1) is 10.1. The van der Waals surface area contributed by atoms with Gasteiger partial charge in [-0.15, -0.1) is 0 Å². The van der Waals surface area contributed by atoms with Crippen LogP contribution in [0.1, 0.15) is 0 Å². The van der Waals surface area contributed by atoms with Crippen molar-refractivity contribution in [1.29, 1.82) is 0 Å². The van der Waals surface area contributed by atoms with Crippen LogP contribution in [-0.2, 0) is 0 Å². The second-order valence-electron chi connectivity index (χ2n) is 3.97. The minimum Gasteiger partial charge on any atom is -0.427 e. The number of rotatable bonds is 3. The first-order valence-electron chi connectivity index (χ1n) is 5.66. The third-order valence-electron chi connectivity index (χ3n) is 2.66. The predicted molar refractivity (Wildman–Crippen MR) is 81.6 cm³/mol. The van der Waals surface area contributed by atoms with Crippen molar-refractivity contribution in [3.8, 4) is 11.6 Å². The van der Waals surface area contributed by atoms with Crippen LogP contribution in [0.15, 0.2) is 45.9 Å². The maximum Gasteiger partial charge on any atom is 0.312 e. The van der Waals surface area contributed by atoms with Gasteiger partial charge < -0.3 is 4.74 Å². The standard InChI is InChI=1S/C12H6Br2N4O3/c13-7-2-1-3-8(18(19)20)10(7)21-12-11-15-4-5-17(11)6-9(14)16-12/h1-6H. The minimum absolute atomic E-state index is 0.0815. The van der Waals surface area contributed by atoms with Gasteiger partial charge in [-0.2, -0.15) is 0 Å². The monoisotopic (exact) mass is 412 g/mol. The molecule has 2 heterocycles. The molecule has 0 saturated carbocycles. The predicted octanol–water partition coefficient (Wildman–Crippen LogP) is 3.95. The zero-order chi connectivity index (χ0) is 15.0. The van der Waals surface area contributed by atoms with E-state index in [0.717, 1.165) is 0 Å². The zero-order valence-electron chi connectivity index (χ0n) is 10.2. The molecule has 2 aromatic heterocycles. The number of fused-ring (bicyclic) bond motifs is 1. The number of nitro benzene ring substituents is 1. The second kappa shape index (κ2) is 5.41. The molecular weight excluding hydrogens is 408 g/mol. The lowest BCUT2D eigenvalue weighted by Gasteiger charge is -2.08. The van der Waals surface area contributed by atoms with Gasteiger partial charge in [0.2, 0.25) is 11.4 Å². The van der Waals surface area contributed by atoms with Gasteiger partial charge in [0, 0.05) is 24.7 Å². The molecule has 106 valence electrons. The third kappa shape index (κ3) is 2.61. The largest absolute Gasteiger partial charge is 0.427 e. The van der Waals surface area contributed by atoms with E-state index in [-0.39, 0.29) is 17.3 Å². The fraction of sp³-hybridized carbons (Fsp3) is 0. The Balaban J connectivity index is 2.15. The molecule has 0 radical (unpaired) electrons. The van der Waals surface area contributed by atoms with Gasteiger partial charge in [0.05, 0.1) is 9.40 Å². The first kappa shape index (κ1) is 14.0. The molecule has 0 aliphatic carbocycles. The Bertz CT molecular complexity index is 850. The van der Waals surface area contributed by atoms with Crippen molar-refractivity contribution >= 4 is 43.2 Å². The Labute approximate surface area is 135 Å². The van der Waals surface area contributed by atoms with Crippen molar-refractivity contribution in [3.63, 3.8) is 0 Å². The van der Waals surface area contributed by atoms with E-state index in [1.54, 1.807) is 35.1 Å². The maximum atomic E-state index is 11.1. The van der Waals surface area contributed by atoms with Crippen molar-refractivity contribution in [1.82, 2.24) is 14.4 Å². The second-order valence-corrected chi connectivity index (χ2v) is 5.64. The van der Waals surface area contributed by atoms with Crippen LogP contribution < -0.4 is 4.74 Å². The summed E-state index contributed by atoms with van der Waals surface area (Å²) in [5.74, 6) is 0.252. The normalized spacial score (nSPS) is 10.8. The Kier molecular flexibility index (Phi) is 3.60. The molecule has 0 aliphatic heterocycles. The van der Waals surface area contributed by atoms with Crippen LogP contribution in [0.5, 0.6) is 11.6 Å². The smallest absolute Gasteiger partial charge is 0.312 e. The van der Waals surface area contributed by atoms with Crippen molar-refractivity contribution in [2.45, 2.75) is 0 Å². The molecule has 21 heavy (non-hydrogen) atoms. The molecule has 0 amide bonds. The summed E-state index contributed by atoms with van der Waals surface area (Å²) in [6.07, 6.45) is 5.03. The lowest BCUT2D eigenvalue weighted by Crippen LogP contribution is -1.98. The summed E-state index contributed by atoms with van der Waals surface area (Å²) >= 11 is 6.51. The molecule has 0 bridgehead atoms. The number of para-hydroxylation sites is 1. The molecule has 0 spiro atoms. The Morgan fingerprint density at radius 1 is 1.33 bits per heavy atom. The maximum absolute atomic E-state index is 11.1. The lowest BCUT2D eigenvalue weighted by atomic mass is 10.3. The van der Waals surface area contributed by atoms with Crippen LogP contribution in [0.3, 0.4) is 0 Å². The summed E-state index contributed by atoms with van der Waals surface area (Å²) < 4.78 is 8.33. The van der Waals surface area contributed by atoms with E-state index in [1.165, 1.54) is 6.07 Å². The quantitative estimate of drug-likeness (QED) is 0.479. The van der Waals surface area contributed by atoms with Gasteiger partial charge in [-0.1, -0.05) is 6.07 Å². The molecule has 0 N–H and O–H groups in total. The molecule has 3 aromatic rings. The lowest BCUT2D eigenvalue weighted by molar-refractivity contribution is -0.385. The molecule has 0 aliphatic rings. The van der Waals surface area contributed by atoms with Crippen molar-refractivity contribution in [2.24, 2.45) is 0 Å². The minimum atomic E-state index is -0.513. The van der Waals surface area contributed by atoms with Crippen LogP contribution in [0, 0.1) is 10.1 Å². The van der Waals surface area contributed by atoms with Crippen LogP contribution in [0.2, 0.25) is 0 Å². The fourth-order valence-electron chi connectivity index (χ4n) is 1.78. The molecule has 9 heteroatoms. The summed E-state index contributed by atoms with van der Waals surface area (Å²) in [4.78, 5) is 18.9. The van der Waals surface area contributed by atoms with E-state index in [4.69, 9.17) is 4.74 Å². The van der Waals surface area contributed by atoms with E-state index in [2.05, 4.69) is 41.8 Å². The van der Waals surface area contributed by atoms with Crippen LogP contribution in [0.4, 0.5) is 5.69 Å². The molecule has 0 fully saturated rings. The third-order valence-corrected chi connectivity index (χ3v) is 3.66. The van der Waals surface area contributed by atoms with Crippen molar-refractivity contribution < 1.29 is 9.66 Å². The highest BCUT2D eigenvalue weighted by Gasteiger charge is 2.21. The average molecular weight is 414 g/mol. The SMILES string of the molecule is O=[N+]([O-])c1cccc(Br)c1Oc1nc(Br)cn2ccnc12. The Morgan fingerprint density at radius 2 is 2.14 bits per heavy atom. The van der Waals surface area contributed by atoms with Gasteiger partial charge in [-0.25, -0.2) is 9.97 Å². The number of halogens is 2. The zero-order valence-corrected chi connectivity index (χ0v) is 13.4. The molecule has 7 nitrogen and oxygen atoms in total. The van der Waals surface area contributed by atoms with Crippen LogP contribution in [0.25, 0.3) is 5.65 Å². The Morgan fingerprint density at radius 3 is 2.90 bits per heavy atom. The van der Waals surface area contributed by atoms with Gasteiger partial charge in [-0.3, -0.25) is 14.5 Å². The van der Waals surface area contributed by atoms with Crippen LogP contribution >= 0.6 is 31.9 Å². The van der Waals surface area contributed by atoms with Crippen molar-refractivity contribution in [2.75, 3.05) is 0 Å². The van der Waals surface area contributed by atoms with Crippen molar-refractivity contribution in [3.05, 3.63) is 56.0 Å². The Hall–Kier alpha value is -2.00. The van der Waals surface area contributed by atoms with Gasteiger partial charge in [0.1, 0.15) is 4.60 Å². The van der Waals surface area contributed by atoms with Gasteiger partial charge >= 0.3 is 5.69 Å². The van der Waals surface area contributed by atoms with E-state index in [9.17, 15) is 10.1 Å². The topological polar surface area (TPSA) is 82.6 Å². The first-order valence-corrected chi connectivity index (χ1v) is 7.25.